The number of sulfonamides is 1. The molecule has 0 aliphatic heterocycles. The lowest BCUT2D eigenvalue weighted by Gasteiger charge is -2.38. The van der Waals surface area contributed by atoms with Crippen molar-refractivity contribution in [3.8, 4) is 0 Å². The summed E-state index contributed by atoms with van der Waals surface area (Å²) in [4.78, 5) is 0. The molecule has 4 nitrogen and oxygen atoms in total. The van der Waals surface area contributed by atoms with Crippen LogP contribution in [0.5, 0.6) is 0 Å². The van der Waals surface area contributed by atoms with Crippen molar-refractivity contribution < 1.29 is 8.42 Å². The Morgan fingerprint density at radius 3 is 2.56 bits per heavy atom. The Morgan fingerprint density at radius 1 is 1.33 bits per heavy atom. The maximum atomic E-state index is 12.1. The van der Waals surface area contributed by atoms with Crippen LogP contribution in [0.25, 0.3) is 0 Å². The second kappa shape index (κ2) is 4.99. The molecule has 1 aromatic carbocycles. The van der Waals surface area contributed by atoms with Gasteiger partial charge in [-0.2, -0.15) is 0 Å². The van der Waals surface area contributed by atoms with Gasteiger partial charge in [0.1, 0.15) is 0 Å². The summed E-state index contributed by atoms with van der Waals surface area (Å²) in [5.74, 6) is 0.0242. The number of nitrogens with one attached hydrogen (secondary N) is 1. The molecule has 0 bridgehead atoms. The molecule has 0 heterocycles. The second-order valence-electron chi connectivity index (χ2n) is 5.30. The standard InChI is InChI=1S/C13H20N2O2S/c1-13(6-3-7-13)15-18(16,17)10-12-5-2-4-11(8-12)9-14/h2,4-5,8,15H,3,6-7,9-10,14H2,1H3. The maximum Gasteiger partial charge on any atom is 0.216 e. The van der Waals surface area contributed by atoms with Crippen LogP contribution >= 0.6 is 0 Å². The van der Waals surface area contributed by atoms with Crippen molar-refractivity contribution in [2.24, 2.45) is 5.73 Å². The summed E-state index contributed by atoms with van der Waals surface area (Å²) < 4.78 is 26.9. The van der Waals surface area contributed by atoms with Crippen molar-refractivity contribution in [1.82, 2.24) is 4.72 Å². The van der Waals surface area contributed by atoms with Crippen molar-refractivity contribution in [2.45, 2.75) is 44.0 Å². The van der Waals surface area contributed by atoms with Crippen molar-refractivity contribution in [1.29, 1.82) is 0 Å². The Kier molecular flexibility index (Phi) is 3.75. The lowest BCUT2D eigenvalue weighted by atomic mass is 9.80. The van der Waals surface area contributed by atoms with Crippen LogP contribution in [-0.2, 0) is 22.3 Å². The molecule has 100 valence electrons. The van der Waals surface area contributed by atoms with Gasteiger partial charge in [0, 0.05) is 12.1 Å². The Hall–Kier alpha value is -0.910. The Morgan fingerprint density at radius 2 is 2.00 bits per heavy atom. The molecule has 0 saturated heterocycles. The molecule has 2 rings (SSSR count). The minimum atomic E-state index is -3.27. The molecule has 1 aliphatic carbocycles. The van der Waals surface area contributed by atoms with E-state index >= 15 is 0 Å². The smallest absolute Gasteiger partial charge is 0.216 e. The molecule has 0 radical (unpaired) electrons. The Bertz CT molecular complexity index is 522. The van der Waals surface area contributed by atoms with Gasteiger partial charge >= 0.3 is 0 Å². The molecular formula is C13H20N2O2S. The molecule has 1 aliphatic rings. The first-order valence-electron chi connectivity index (χ1n) is 6.22. The summed E-state index contributed by atoms with van der Waals surface area (Å²) in [6.07, 6.45) is 2.95. The van der Waals surface area contributed by atoms with Gasteiger partial charge in [-0.25, -0.2) is 13.1 Å². The Labute approximate surface area is 109 Å². The highest BCUT2D eigenvalue weighted by atomic mass is 32.2. The van der Waals surface area contributed by atoms with E-state index in [0.29, 0.717) is 6.54 Å². The average molecular weight is 268 g/mol. The Balaban J connectivity index is 2.07. The minimum Gasteiger partial charge on any atom is -0.326 e. The van der Waals surface area contributed by atoms with Gasteiger partial charge in [-0.05, 0) is 37.3 Å². The monoisotopic (exact) mass is 268 g/mol. The first kappa shape index (κ1) is 13.5. The third-order valence-electron chi connectivity index (χ3n) is 3.44. The minimum absolute atomic E-state index is 0.0242. The van der Waals surface area contributed by atoms with E-state index in [9.17, 15) is 8.42 Å². The van der Waals surface area contributed by atoms with Crippen molar-refractivity contribution >= 4 is 10.0 Å². The highest BCUT2D eigenvalue weighted by Crippen LogP contribution is 2.32. The van der Waals surface area contributed by atoms with Gasteiger partial charge < -0.3 is 5.73 Å². The normalized spacial score (nSPS) is 18.3. The first-order valence-corrected chi connectivity index (χ1v) is 7.87. The second-order valence-corrected chi connectivity index (χ2v) is 7.02. The summed E-state index contributed by atoms with van der Waals surface area (Å²) >= 11 is 0. The molecule has 0 atom stereocenters. The van der Waals surface area contributed by atoms with E-state index in [1.165, 1.54) is 0 Å². The first-order chi connectivity index (χ1) is 8.42. The molecule has 0 amide bonds. The van der Waals surface area contributed by atoms with E-state index < -0.39 is 10.0 Å². The van der Waals surface area contributed by atoms with E-state index in [-0.39, 0.29) is 11.3 Å². The van der Waals surface area contributed by atoms with E-state index in [4.69, 9.17) is 5.73 Å². The van der Waals surface area contributed by atoms with Gasteiger partial charge in [-0.1, -0.05) is 24.3 Å². The van der Waals surface area contributed by atoms with Crippen LogP contribution in [0.4, 0.5) is 0 Å². The average Bonchev–Trinajstić information content (AvgIpc) is 2.26. The molecule has 0 aromatic heterocycles. The highest BCUT2D eigenvalue weighted by Gasteiger charge is 2.35. The van der Waals surface area contributed by atoms with Crippen LogP contribution in [0.3, 0.4) is 0 Å². The zero-order valence-corrected chi connectivity index (χ0v) is 11.5. The zero-order chi connectivity index (χ0) is 13.2. The van der Waals surface area contributed by atoms with Crippen LogP contribution in [0.15, 0.2) is 24.3 Å². The molecule has 5 heteroatoms. The number of nitrogens with two attached hydrogens (primary N) is 1. The van der Waals surface area contributed by atoms with E-state index in [2.05, 4.69) is 4.72 Å². The summed E-state index contributed by atoms with van der Waals surface area (Å²) in [6, 6.07) is 7.42. The lowest BCUT2D eigenvalue weighted by molar-refractivity contribution is 0.248. The quantitative estimate of drug-likeness (QED) is 0.850. The molecule has 1 aromatic rings. The maximum absolute atomic E-state index is 12.1. The van der Waals surface area contributed by atoms with Crippen LogP contribution in [-0.4, -0.2) is 14.0 Å². The van der Waals surface area contributed by atoms with Gasteiger partial charge in [0.25, 0.3) is 0 Å². The summed E-state index contributed by atoms with van der Waals surface area (Å²) in [5.41, 5.74) is 7.06. The van der Waals surface area contributed by atoms with Crippen molar-refractivity contribution in [3.05, 3.63) is 35.4 Å². The van der Waals surface area contributed by atoms with Gasteiger partial charge in [-0.3, -0.25) is 0 Å². The van der Waals surface area contributed by atoms with Gasteiger partial charge in [0.05, 0.1) is 5.75 Å². The molecule has 1 fully saturated rings. The fourth-order valence-electron chi connectivity index (χ4n) is 2.29. The SMILES string of the molecule is CC1(NS(=O)(=O)Cc2cccc(CN)c2)CCC1. The zero-order valence-electron chi connectivity index (χ0n) is 10.6. The van der Waals surface area contributed by atoms with E-state index in [1.54, 1.807) is 0 Å². The van der Waals surface area contributed by atoms with Gasteiger partial charge in [0.2, 0.25) is 10.0 Å². The number of hydrogen-bond donors (Lipinski definition) is 2. The number of rotatable bonds is 5. The summed E-state index contributed by atoms with van der Waals surface area (Å²) in [5, 5.41) is 0. The van der Waals surface area contributed by atoms with E-state index in [1.807, 2.05) is 31.2 Å². The predicted molar refractivity (Wildman–Crippen MR) is 72.3 cm³/mol. The fourth-order valence-corrected chi connectivity index (χ4v) is 3.93. The van der Waals surface area contributed by atoms with Gasteiger partial charge in [-0.15, -0.1) is 0 Å². The lowest BCUT2D eigenvalue weighted by Crippen LogP contribution is -2.51. The highest BCUT2D eigenvalue weighted by molar-refractivity contribution is 7.88. The molecular weight excluding hydrogens is 248 g/mol. The van der Waals surface area contributed by atoms with Crippen LogP contribution in [0.1, 0.15) is 37.3 Å². The molecule has 18 heavy (non-hydrogen) atoms. The largest absolute Gasteiger partial charge is 0.326 e. The molecule has 0 spiro atoms. The third-order valence-corrected chi connectivity index (χ3v) is 4.96. The third kappa shape index (κ3) is 3.31. The van der Waals surface area contributed by atoms with E-state index in [0.717, 1.165) is 30.4 Å². The number of hydrogen-bond acceptors (Lipinski definition) is 3. The van der Waals surface area contributed by atoms with Crippen molar-refractivity contribution in [3.63, 3.8) is 0 Å². The predicted octanol–water partition coefficient (Wildman–Crippen LogP) is 1.51. The van der Waals surface area contributed by atoms with Crippen LogP contribution in [0.2, 0.25) is 0 Å². The van der Waals surface area contributed by atoms with Gasteiger partial charge in [0.15, 0.2) is 0 Å². The van der Waals surface area contributed by atoms with Crippen LogP contribution < -0.4 is 10.5 Å². The summed E-state index contributed by atoms with van der Waals surface area (Å²) in [6.45, 7) is 2.39. The fraction of sp³-hybridized carbons (Fsp3) is 0.538. The topological polar surface area (TPSA) is 72.2 Å². The van der Waals surface area contributed by atoms with Crippen molar-refractivity contribution in [2.75, 3.05) is 0 Å². The molecule has 0 unspecified atom stereocenters. The molecule has 3 N–H and O–H groups in total. The number of benzene rings is 1. The summed E-state index contributed by atoms with van der Waals surface area (Å²) in [7, 11) is -3.27. The molecule has 1 saturated carbocycles. The van der Waals surface area contributed by atoms with Crippen LogP contribution in [0, 0.1) is 0 Å².